The van der Waals surface area contributed by atoms with Crippen LogP contribution in [0.3, 0.4) is 0 Å². The first-order valence-corrected chi connectivity index (χ1v) is 14.8. The number of aromatic nitrogens is 2. The predicted molar refractivity (Wildman–Crippen MR) is 169 cm³/mol. The molecule has 214 valence electrons. The topological polar surface area (TPSA) is 62.3 Å². The first-order valence-electron chi connectivity index (χ1n) is 14.8. The number of ether oxygens (including phenoxy) is 1. The van der Waals surface area contributed by atoms with Crippen LogP contribution in [0.25, 0.3) is 22.2 Å². The highest BCUT2D eigenvalue weighted by atomic mass is 19.1. The zero-order valence-electron chi connectivity index (χ0n) is 25.1. The van der Waals surface area contributed by atoms with Gasteiger partial charge in [0, 0.05) is 23.7 Å². The van der Waals surface area contributed by atoms with Crippen LogP contribution in [0.1, 0.15) is 77.0 Å². The van der Waals surface area contributed by atoms with Crippen molar-refractivity contribution in [3.8, 4) is 16.9 Å². The molecule has 0 bridgehead atoms. The number of aliphatic imine (C=N–C) groups is 1. The van der Waals surface area contributed by atoms with Gasteiger partial charge in [-0.25, -0.2) is 9.37 Å². The molecule has 0 saturated heterocycles. The van der Waals surface area contributed by atoms with Gasteiger partial charge in [-0.1, -0.05) is 32.9 Å². The summed E-state index contributed by atoms with van der Waals surface area (Å²) in [6.45, 7) is 14.2. The second-order valence-electron chi connectivity index (χ2n) is 11.1. The van der Waals surface area contributed by atoms with Gasteiger partial charge in [-0.15, -0.1) is 0 Å². The van der Waals surface area contributed by atoms with Crippen molar-refractivity contribution < 1.29 is 9.13 Å². The van der Waals surface area contributed by atoms with Gasteiger partial charge in [-0.05, 0) is 116 Å². The van der Waals surface area contributed by atoms with Crippen LogP contribution in [-0.2, 0) is 6.42 Å². The lowest BCUT2D eigenvalue weighted by molar-refractivity contribution is 0.299. The monoisotopic (exact) mass is 552 g/mol. The molecule has 4 aromatic rings. The number of allylic oxidation sites excluding steroid dienone is 2. The van der Waals surface area contributed by atoms with E-state index in [1.54, 1.807) is 12.1 Å². The Kier molecular flexibility index (Phi) is 8.57. The van der Waals surface area contributed by atoms with Crippen molar-refractivity contribution in [2.75, 3.05) is 18.5 Å². The number of benzene rings is 3. The molecule has 2 unspecified atom stereocenters. The van der Waals surface area contributed by atoms with E-state index >= 15 is 0 Å². The van der Waals surface area contributed by atoms with Crippen molar-refractivity contribution in [1.82, 2.24) is 9.97 Å². The molecule has 41 heavy (non-hydrogen) atoms. The summed E-state index contributed by atoms with van der Waals surface area (Å²) in [5.74, 6) is 1.92. The van der Waals surface area contributed by atoms with E-state index in [1.807, 2.05) is 6.07 Å². The van der Waals surface area contributed by atoms with Crippen LogP contribution in [0.2, 0.25) is 0 Å². The Morgan fingerprint density at radius 3 is 2.59 bits per heavy atom. The standard InChI is InChI=1S/C35H41FN4O/c1-7-25-18-26(27-11-15-31-32(19-27)40-35(39-31)37-8-2)12-16-33(25)41-17-9-10-21(3)34-29-14-13-28(36)20-30(29)23(5)22(4)24(6)38-34/h11-16,18-21,23H,7-10,17H2,1-6H3,(H2,37,39,40). The highest BCUT2D eigenvalue weighted by Gasteiger charge is 2.24. The molecule has 2 N–H and O–H groups in total. The van der Waals surface area contributed by atoms with Gasteiger partial charge in [0.25, 0.3) is 0 Å². The van der Waals surface area contributed by atoms with E-state index in [0.29, 0.717) is 6.61 Å². The molecule has 1 aliphatic rings. The molecule has 0 spiro atoms. The molecule has 0 aliphatic carbocycles. The van der Waals surface area contributed by atoms with E-state index in [2.05, 4.69) is 93.2 Å². The summed E-state index contributed by atoms with van der Waals surface area (Å²) >= 11 is 0. The fourth-order valence-corrected chi connectivity index (χ4v) is 5.70. The molecule has 1 aromatic heterocycles. The largest absolute Gasteiger partial charge is 0.493 e. The third-order valence-corrected chi connectivity index (χ3v) is 8.37. The Hall–Kier alpha value is -3.93. The van der Waals surface area contributed by atoms with Gasteiger partial charge in [0.1, 0.15) is 11.6 Å². The molecule has 0 amide bonds. The van der Waals surface area contributed by atoms with E-state index in [-0.39, 0.29) is 17.7 Å². The van der Waals surface area contributed by atoms with Gasteiger partial charge in [0.15, 0.2) is 0 Å². The molecule has 3 aromatic carbocycles. The predicted octanol–water partition coefficient (Wildman–Crippen LogP) is 9.06. The van der Waals surface area contributed by atoms with E-state index in [0.717, 1.165) is 76.6 Å². The zero-order chi connectivity index (χ0) is 29.1. The molecule has 6 heteroatoms. The first-order chi connectivity index (χ1) is 19.8. The number of hydrogen-bond donors (Lipinski definition) is 2. The third-order valence-electron chi connectivity index (χ3n) is 8.37. The van der Waals surface area contributed by atoms with Gasteiger partial charge < -0.3 is 15.0 Å². The number of nitrogens with zero attached hydrogens (tertiary/aromatic N) is 2. The van der Waals surface area contributed by atoms with Crippen LogP contribution < -0.4 is 10.1 Å². The van der Waals surface area contributed by atoms with Crippen LogP contribution in [0.15, 0.2) is 70.9 Å². The van der Waals surface area contributed by atoms with Crippen molar-refractivity contribution in [3.05, 3.63) is 88.4 Å². The Balaban J connectivity index is 1.25. The van der Waals surface area contributed by atoms with Gasteiger partial charge in [-0.2, -0.15) is 0 Å². The minimum absolute atomic E-state index is 0.143. The van der Waals surface area contributed by atoms with Gasteiger partial charge in [-0.3, -0.25) is 4.99 Å². The molecule has 1 aliphatic heterocycles. The van der Waals surface area contributed by atoms with E-state index in [9.17, 15) is 4.39 Å². The maximum Gasteiger partial charge on any atom is 0.201 e. The highest BCUT2D eigenvalue weighted by molar-refractivity contribution is 6.04. The average Bonchev–Trinajstić information content (AvgIpc) is 3.35. The number of anilines is 1. The number of aryl methyl sites for hydroxylation is 1. The van der Waals surface area contributed by atoms with Crippen molar-refractivity contribution in [3.63, 3.8) is 0 Å². The fraction of sp³-hybridized carbons (Fsp3) is 0.371. The maximum atomic E-state index is 14.2. The zero-order valence-corrected chi connectivity index (χ0v) is 25.1. The number of H-pyrrole nitrogens is 1. The van der Waals surface area contributed by atoms with E-state index < -0.39 is 0 Å². The number of nitrogens with one attached hydrogen (secondary N) is 2. The van der Waals surface area contributed by atoms with Crippen molar-refractivity contribution in [2.24, 2.45) is 10.9 Å². The van der Waals surface area contributed by atoms with Crippen molar-refractivity contribution in [2.45, 2.75) is 66.7 Å². The lowest BCUT2D eigenvalue weighted by atomic mass is 9.85. The van der Waals surface area contributed by atoms with Crippen molar-refractivity contribution >= 4 is 22.7 Å². The summed E-state index contributed by atoms with van der Waals surface area (Å²) < 4.78 is 20.5. The number of fused-ring (bicyclic) bond motifs is 2. The van der Waals surface area contributed by atoms with Crippen LogP contribution >= 0.6 is 0 Å². The van der Waals surface area contributed by atoms with Crippen LogP contribution in [0.5, 0.6) is 5.75 Å². The SMILES string of the molecule is CCNc1nc2ccc(-c3ccc(OCCCC(C)C4=NC(C)=C(C)C(C)c5cc(F)ccc54)c(CC)c3)cc2[nH]1. The molecular formula is C35H41FN4O. The summed E-state index contributed by atoms with van der Waals surface area (Å²) in [7, 11) is 0. The van der Waals surface area contributed by atoms with Gasteiger partial charge >= 0.3 is 0 Å². The number of aromatic amines is 1. The number of rotatable bonds is 10. The molecule has 0 radical (unpaired) electrons. The third kappa shape index (κ3) is 6.07. The molecule has 5 nitrogen and oxygen atoms in total. The first kappa shape index (κ1) is 28.6. The minimum atomic E-state index is -0.193. The van der Waals surface area contributed by atoms with Gasteiger partial charge in [0.2, 0.25) is 5.95 Å². The molecule has 0 fully saturated rings. The Labute approximate surface area is 243 Å². The van der Waals surface area contributed by atoms with Crippen molar-refractivity contribution in [1.29, 1.82) is 0 Å². The normalized spacial score (nSPS) is 15.9. The second-order valence-corrected chi connectivity index (χ2v) is 11.1. The van der Waals surface area contributed by atoms with E-state index in [1.165, 1.54) is 16.7 Å². The van der Waals surface area contributed by atoms with E-state index in [4.69, 9.17) is 9.73 Å². The fourth-order valence-electron chi connectivity index (χ4n) is 5.70. The number of hydrogen-bond acceptors (Lipinski definition) is 4. The summed E-state index contributed by atoms with van der Waals surface area (Å²) in [5, 5.41) is 3.24. The quantitative estimate of drug-likeness (QED) is 0.193. The number of imidazole rings is 1. The summed E-state index contributed by atoms with van der Waals surface area (Å²) in [6, 6.07) is 17.9. The lowest BCUT2D eigenvalue weighted by Crippen LogP contribution is -2.16. The maximum absolute atomic E-state index is 14.2. The molecule has 0 saturated carbocycles. The Morgan fingerprint density at radius 1 is 1.02 bits per heavy atom. The summed E-state index contributed by atoms with van der Waals surface area (Å²) in [5.41, 5.74) is 10.9. The average molecular weight is 553 g/mol. The second kappa shape index (κ2) is 12.3. The Bertz CT molecular complexity index is 1620. The molecular weight excluding hydrogens is 511 g/mol. The van der Waals surface area contributed by atoms with Crippen LogP contribution in [-0.4, -0.2) is 28.8 Å². The van der Waals surface area contributed by atoms with Crippen LogP contribution in [0, 0.1) is 11.7 Å². The van der Waals surface area contributed by atoms with Gasteiger partial charge in [0.05, 0.1) is 23.4 Å². The lowest BCUT2D eigenvalue weighted by Gasteiger charge is -2.19. The minimum Gasteiger partial charge on any atom is -0.493 e. The summed E-state index contributed by atoms with van der Waals surface area (Å²) in [6.07, 6.45) is 2.74. The molecule has 2 atom stereocenters. The molecule has 2 heterocycles. The van der Waals surface area contributed by atoms with Crippen LogP contribution in [0.4, 0.5) is 10.3 Å². The molecule has 5 rings (SSSR count). The Morgan fingerprint density at radius 2 is 1.80 bits per heavy atom. The summed E-state index contributed by atoms with van der Waals surface area (Å²) in [4.78, 5) is 13.0. The highest BCUT2D eigenvalue weighted by Crippen LogP contribution is 2.35. The smallest absolute Gasteiger partial charge is 0.201 e. The number of halogens is 1.